The van der Waals surface area contributed by atoms with E-state index in [1.807, 2.05) is 12.3 Å². The van der Waals surface area contributed by atoms with Crippen LogP contribution >= 0.6 is 22.9 Å². The van der Waals surface area contributed by atoms with E-state index in [1.165, 1.54) is 17.5 Å². The molecule has 1 aliphatic rings. The van der Waals surface area contributed by atoms with Crippen molar-refractivity contribution >= 4 is 69.7 Å². The van der Waals surface area contributed by atoms with E-state index in [-0.39, 0.29) is 30.0 Å². The number of benzene rings is 1. The maximum absolute atomic E-state index is 12.2. The molecule has 0 saturated heterocycles. The highest BCUT2D eigenvalue weighted by atomic mass is 35.5. The quantitative estimate of drug-likeness (QED) is 0.354. The SMILES string of the molecule is CNC(=O)c1scc(C)c1Nc1nc(Nc2ccc3c(c2)NC(=O)CN(C(=O)O)C3)ncc1Cl. The number of fused-ring (bicyclic) bond motifs is 1. The van der Waals surface area contributed by atoms with Crippen LogP contribution in [0.3, 0.4) is 0 Å². The van der Waals surface area contributed by atoms with E-state index in [4.69, 9.17) is 11.6 Å². The van der Waals surface area contributed by atoms with Crippen LogP contribution in [0.5, 0.6) is 0 Å². The monoisotopic (exact) mass is 501 g/mol. The van der Waals surface area contributed by atoms with Gasteiger partial charge in [0, 0.05) is 18.4 Å². The van der Waals surface area contributed by atoms with E-state index < -0.39 is 12.0 Å². The van der Waals surface area contributed by atoms with E-state index >= 15 is 0 Å². The Bertz CT molecular complexity index is 1300. The van der Waals surface area contributed by atoms with Crippen LogP contribution in [0.4, 0.5) is 33.6 Å². The lowest BCUT2D eigenvalue weighted by Gasteiger charge is -2.15. The summed E-state index contributed by atoms with van der Waals surface area (Å²) < 4.78 is 0. The fraction of sp³-hybridized carbons (Fsp3) is 0.190. The number of carboxylic acid groups (broad SMARTS) is 1. The molecule has 0 spiro atoms. The summed E-state index contributed by atoms with van der Waals surface area (Å²) in [7, 11) is 1.56. The van der Waals surface area contributed by atoms with Gasteiger partial charge in [-0.3, -0.25) is 14.5 Å². The molecule has 34 heavy (non-hydrogen) atoms. The van der Waals surface area contributed by atoms with Crippen LogP contribution in [-0.4, -0.2) is 51.5 Å². The van der Waals surface area contributed by atoms with Gasteiger partial charge in [-0.1, -0.05) is 17.7 Å². The molecule has 11 nitrogen and oxygen atoms in total. The Hall–Kier alpha value is -3.90. The summed E-state index contributed by atoms with van der Waals surface area (Å²) in [6.07, 6.45) is 0.261. The Morgan fingerprint density at radius 1 is 1.26 bits per heavy atom. The number of amides is 3. The second-order valence-electron chi connectivity index (χ2n) is 7.40. The van der Waals surface area contributed by atoms with Crippen LogP contribution < -0.4 is 21.3 Å². The Balaban J connectivity index is 1.58. The maximum atomic E-state index is 12.2. The van der Waals surface area contributed by atoms with E-state index in [0.29, 0.717) is 33.3 Å². The van der Waals surface area contributed by atoms with Crippen molar-refractivity contribution in [3.05, 3.63) is 50.8 Å². The van der Waals surface area contributed by atoms with Crippen molar-refractivity contribution in [2.45, 2.75) is 13.5 Å². The summed E-state index contributed by atoms with van der Waals surface area (Å²) in [6.45, 7) is 1.71. The minimum atomic E-state index is -1.17. The first-order chi connectivity index (χ1) is 16.2. The van der Waals surface area contributed by atoms with E-state index in [2.05, 4.69) is 31.2 Å². The molecule has 0 atom stereocenters. The normalized spacial score (nSPS) is 12.9. The third-order valence-electron chi connectivity index (χ3n) is 5.00. The third kappa shape index (κ3) is 4.87. The summed E-state index contributed by atoms with van der Waals surface area (Å²) in [6, 6.07) is 5.13. The molecule has 3 aromatic rings. The minimum Gasteiger partial charge on any atom is -0.465 e. The van der Waals surface area contributed by atoms with E-state index in [0.717, 1.165) is 10.5 Å². The average molecular weight is 502 g/mol. The minimum absolute atomic E-state index is 0.0862. The predicted octanol–water partition coefficient (Wildman–Crippen LogP) is 3.78. The summed E-state index contributed by atoms with van der Waals surface area (Å²) in [5, 5.41) is 22.9. The van der Waals surface area contributed by atoms with E-state index in [1.54, 1.807) is 25.2 Å². The molecule has 3 heterocycles. The Morgan fingerprint density at radius 3 is 2.79 bits per heavy atom. The number of aryl methyl sites for hydroxylation is 1. The van der Waals surface area contributed by atoms with Crippen molar-refractivity contribution in [3.63, 3.8) is 0 Å². The summed E-state index contributed by atoms with van der Waals surface area (Å²) in [5.74, 6) is -0.109. The van der Waals surface area contributed by atoms with Crippen LogP contribution in [-0.2, 0) is 11.3 Å². The van der Waals surface area contributed by atoms with Gasteiger partial charge < -0.3 is 26.4 Å². The first-order valence-corrected chi connectivity index (χ1v) is 11.3. The van der Waals surface area contributed by atoms with Gasteiger partial charge in [-0.2, -0.15) is 4.98 Å². The zero-order valence-electron chi connectivity index (χ0n) is 18.1. The highest BCUT2D eigenvalue weighted by Crippen LogP contribution is 2.33. The Morgan fingerprint density at radius 2 is 2.06 bits per heavy atom. The van der Waals surface area contributed by atoms with Gasteiger partial charge in [-0.25, -0.2) is 9.78 Å². The van der Waals surface area contributed by atoms with Gasteiger partial charge in [0.15, 0.2) is 5.82 Å². The lowest BCUT2D eigenvalue weighted by atomic mass is 10.1. The third-order valence-corrected chi connectivity index (χ3v) is 6.38. The molecule has 0 fully saturated rings. The number of hydrogen-bond donors (Lipinski definition) is 5. The molecule has 4 rings (SSSR count). The van der Waals surface area contributed by atoms with Crippen LogP contribution in [0.1, 0.15) is 20.8 Å². The second-order valence-corrected chi connectivity index (χ2v) is 8.69. The topological polar surface area (TPSA) is 149 Å². The summed E-state index contributed by atoms with van der Waals surface area (Å²) in [5.41, 5.74) is 3.20. The van der Waals surface area contributed by atoms with Crippen molar-refractivity contribution in [2.75, 3.05) is 29.5 Å². The molecule has 5 N–H and O–H groups in total. The number of carbonyl (C=O) groups excluding carboxylic acids is 2. The molecule has 1 aliphatic heterocycles. The Labute approximate surface area is 203 Å². The number of halogens is 1. The predicted molar refractivity (Wildman–Crippen MR) is 130 cm³/mol. The van der Waals surface area contributed by atoms with Crippen LogP contribution in [0.2, 0.25) is 5.02 Å². The zero-order chi connectivity index (χ0) is 24.4. The molecule has 176 valence electrons. The second kappa shape index (κ2) is 9.53. The molecule has 0 radical (unpaired) electrons. The summed E-state index contributed by atoms with van der Waals surface area (Å²) in [4.78, 5) is 45.7. The van der Waals surface area contributed by atoms with Gasteiger partial charge in [-0.05, 0) is 35.6 Å². The molecule has 2 aromatic heterocycles. The molecule has 0 bridgehead atoms. The molecule has 0 aliphatic carbocycles. The van der Waals surface area contributed by atoms with E-state index in [9.17, 15) is 19.5 Å². The van der Waals surface area contributed by atoms with Gasteiger partial charge in [0.2, 0.25) is 11.9 Å². The van der Waals surface area contributed by atoms with Gasteiger partial charge >= 0.3 is 6.09 Å². The van der Waals surface area contributed by atoms with Crippen LogP contribution in [0, 0.1) is 6.92 Å². The van der Waals surface area contributed by atoms with Crippen LogP contribution in [0.25, 0.3) is 0 Å². The number of rotatable bonds is 5. The number of nitrogens with one attached hydrogen (secondary N) is 4. The highest BCUT2D eigenvalue weighted by molar-refractivity contribution is 7.12. The number of nitrogens with zero attached hydrogens (tertiary/aromatic N) is 3. The molecule has 3 amide bonds. The van der Waals surface area contributed by atoms with Gasteiger partial charge in [0.05, 0.1) is 18.4 Å². The van der Waals surface area contributed by atoms with Gasteiger partial charge in [0.1, 0.15) is 16.4 Å². The molecule has 1 aromatic carbocycles. The van der Waals surface area contributed by atoms with Crippen molar-refractivity contribution in [3.8, 4) is 0 Å². The van der Waals surface area contributed by atoms with Crippen molar-refractivity contribution in [1.82, 2.24) is 20.2 Å². The molecule has 0 saturated carbocycles. The number of thiophene rings is 1. The lowest BCUT2D eigenvalue weighted by molar-refractivity contribution is -0.116. The smallest absolute Gasteiger partial charge is 0.408 e. The average Bonchev–Trinajstić information content (AvgIpc) is 3.06. The fourth-order valence-electron chi connectivity index (χ4n) is 3.31. The van der Waals surface area contributed by atoms with Crippen molar-refractivity contribution in [1.29, 1.82) is 0 Å². The molecular weight excluding hydrogens is 482 g/mol. The zero-order valence-corrected chi connectivity index (χ0v) is 19.7. The first kappa shape index (κ1) is 23.3. The number of hydrogen-bond acceptors (Lipinski definition) is 8. The van der Waals surface area contributed by atoms with Gasteiger partial charge in [-0.15, -0.1) is 11.3 Å². The van der Waals surface area contributed by atoms with Gasteiger partial charge in [0.25, 0.3) is 5.91 Å². The standard InChI is InChI=1S/C21H20ClN7O4S/c1-10-9-34-17(19(31)23-2)16(10)27-18-13(22)6-24-20(28-18)25-12-4-3-11-7-29(21(32)33)8-15(30)26-14(11)5-12/h3-6,9H,7-8H2,1-2H3,(H,23,31)(H,26,30)(H,32,33)(H2,24,25,27,28). The van der Waals surface area contributed by atoms with Crippen LogP contribution in [0.15, 0.2) is 29.8 Å². The largest absolute Gasteiger partial charge is 0.465 e. The number of anilines is 5. The fourth-order valence-corrected chi connectivity index (χ4v) is 4.40. The molecular formula is C21H20ClN7O4S. The number of aromatic nitrogens is 2. The molecule has 13 heteroatoms. The summed E-state index contributed by atoms with van der Waals surface area (Å²) >= 11 is 7.60. The highest BCUT2D eigenvalue weighted by Gasteiger charge is 2.23. The number of carbonyl (C=O) groups is 3. The van der Waals surface area contributed by atoms with Crippen molar-refractivity contribution < 1.29 is 19.5 Å². The maximum Gasteiger partial charge on any atom is 0.408 e. The Kier molecular flexibility index (Phi) is 6.52. The lowest BCUT2D eigenvalue weighted by Crippen LogP contribution is -2.33. The van der Waals surface area contributed by atoms with Crippen molar-refractivity contribution in [2.24, 2.45) is 0 Å². The first-order valence-electron chi connectivity index (χ1n) is 10.0. The molecule has 0 unspecified atom stereocenters.